The summed E-state index contributed by atoms with van der Waals surface area (Å²) in [5, 5.41) is 10.5. The highest BCUT2D eigenvalue weighted by Gasteiger charge is 2.23. The first-order valence-electron chi connectivity index (χ1n) is 10.1. The predicted octanol–water partition coefficient (Wildman–Crippen LogP) is 3.88. The molecule has 2 atom stereocenters. The molecule has 0 fully saturated rings. The van der Waals surface area contributed by atoms with Crippen LogP contribution in [0.1, 0.15) is 37.0 Å². The quantitative estimate of drug-likeness (QED) is 0.423. The second-order valence-corrected chi connectivity index (χ2v) is 7.23. The number of benzene rings is 2. The van der Waals surface area contributed by atoms with Crippen molar-refractivity contribution in [3.8, 4) is 17.2 Å². The van der Waals surface area contributed by atoms with Gasteiger partial charge in [-0.2, -0.15) is 0 Å². The van der Waals surface area contributed by atoms with Crippen LogP contribution < -0.4 is 10.1 Å². The fraction of sp³-hybridized carbons (Fsp3) is 0.250. The van der Waals surface area contributed by atoms with Gasteiger partial charge >= 0.3 is 5.97 Å². The zero-order valence-electron chi connectivity index (χ0n) is 18.4. The molecule has 1 amide bonds. The van der Waals surface area contributed by atoms with Crippen molar-refractivity contribution >= 4 is 18.0 Å². The highest BCUT2D eigenvalue weighted by atomic mass is 16.6. The van der Waals surface area contributed by atoms with Gasteiger partial charge in [-0.15, -0.1) is 10.2 Å². The number of methoxy groups -OCH3 is 1. The lowest BCUT2D eigenvalue weighted by Gasteiger charge is -2.15. The molecule has 0 saturated heterocycles. The van der Waals surface area contributed by atoms with Crippen LogP contribution in [-0.4, -0.2) is 35.2 Å². The molecule has 1 aromatic heterocycles. The number of aromatic nitrogens is 2. The average Bonchev–Trinajstić information content (AvgIpc) is 3.29. The van der Waals surface area contributed by atoms with E-state index in [4.69, 9.17) is 13.9 Å². The third-order valence-electron chi connectivity index (χ3n) is 4.64. The summed E-state index contributed by atoms with van der Waals surface area (Å²) in [7, 11) is 1.58. The first-order valence-corrected chi connectivity index (χ1v) is 10.1. The first kappa shape index (κ1) is 22.7. The van der Waals surface area contributed by atoms with Gasteiger partial charge in [0.25, 0.3) is 5.89 Å². The molecule has 8 heteroatoms. The van der Waals surface area contributed by atoms with E-state index in [1.54, 1.807) is 39.2 Å². The summed E-state index contributed by atoms with van der Waals surface area (Å²) >= 11 is 0. The molecular weight excluding hydrogens is 410 g/mol. The third-order valence-corrected chi connectivity index (χ3v) is 4.64. The van der Waals surface area contributed by atoms with E-state index in [2.05, 4.69) is 15.5 Å². The molecule has 0 saturated carbocycles. The number of carbonyl (C=O) groups excluding carboxylic acids is 2. The second kappa shape index (κ2) is 10.4. The Labute approximate surface area is 186 Å². The van der Waals surface area contributed by atoms with Crippen LogP contribution in [-0.2, 0) is 14.3 Å². The smallest absolute Gasteiger partial charge is 0.329 e. The predicted molar refractivity (Wildman–Crippen MR) is 119 cm³/mol. The lowest BCUT2D eigenvalue weighted by atomic mass is 10.1. The van der Waals surface area contributed by atoms with Gasteiger partial charge in [-0.25, -0.2) is 4.79 Å². The van der Waals surface area contributed by atoms with E-state index in [0.29, 0.717) is 5.89 Å². The molecule has 3 rings (SSSR count). The van der Waals surface area contributed by atoms with Crippen LogP contribution in [0.2, 0.25) is 0 Å². The van der Waals surface area contributed by atoms with E-state index in [0.717, 1.165) is 22.4 Å². The summed E-state index contributed by atoms with van der Waals surface area (Å²) in [6.45, 7) is 5.15. The molecule has 0 radical (unpaired) electrons. The molecule has 1 heterocycles. The minimum Gasteiger partial charge on any atom is -0.497 e. The van der Waals surface area contributed by atoms with E-state index >= 15 is 0 Å². The molecule has 1 unspecified atom stereocenters. The average molecular weight is 435 g/mol. The Kier molecular flexibility index (Phi) is 7.38. The van der Waals surface area contributed by atoms with Gasteiger partial charge < -0.3 is 19.2 Å². The maximum absolute atomic E-state index is 12.4. The lowest BCUT2D eigenvalue weighted by molar-refractivity contribution is -0.152. The van der Waals surface area contributed by atoms with E-state index in [1.807, 2.05) is 43.3 Å². The molecule has 8 nitrogen and oxygen atoms in total. The van der Waals surface area contributed by atoms with Crippen LogP contribution in [0, 0.1) is 6.92 Å². The van der Waals surface area contributed by atoms with Crippen molar-refractivity contribution in [2.24, 2.45) is 0 Å². The fourth-order valence-electron chi connectivity index (χ4n) is 2.75. The fourth-order valence-corrected chi connectivity index (χ4v) is 2.75. The van der Waals surface area contributed by atoms with Crippen LogP contribution in [0.25, 0.3) is 17.5 Å². The van der Waals surface area contributed by atoms with Gasteiger partial charge in [-0.3, -0.25) is 4.79 Å². The number of hydrogen-bond donors (Lipinski definition) is 1. The molecule has 0 spiro atoms. The molecule has 32 heavy (non-hydrogen) atoms. The maximum Gasteiger partial charge on any atom is 0.329 e. The van der Waals surface area contributed by atoms with Crippen molar-refractivity contribution in [3.05, 3.63) is 71.6 Å². The molecule has 1 N–H and O–H groups in total. The Balaban J connectivity index is 1.52. The number of ether oxygens (including phenoxy) is 2. The molecule has 166 valence electrons. The number of hydrogen-bond acceptors (Lipinski definition) is 7. The van der Waals surface area contributed by atoms with E-state index in [-0.39, 0.29) is 5.89 Å². The molecule has 0 aliphatic rings. The first-order chi connectivity index (χ1) is 15.4. The van der Waals surface area contributed by atoms with Gasteiger partial charge in [0.2, 0.25) is 11.8 Å². The lowest BCUT2D eigenvalue weighted by Crippen LogP contribution is -2.39. The zero-order valence-corrected chi connectivity index (χ0v) is 18.4. The summed E-state index contributed by atoms with van der Waals surface area (Å²) in [6, 6.07) is 14.0. The SMILES string of the molecule is COc1ccc(/C=C/C(=O)N[C@@H](C)C(=O)OC(C)c2nnc(-c3ccc(C)cc3)o2)cc1. The van der Waals surface area contributed by atoms with Crippen molar-refractivity contribution in [1.82, 2.24) is 15.5 Å². The summed E-state index contributed by atoms with van der Waals surface area (Å²) < 4.78 is 16.1. The van der Waals surface area contributed by atoms with Crippen LogP contribution in [0.5, 0.6) is 5.75 Å². The van der Waals surface area contributed by atoms with Gasteiger partial charge in [-0.05, 0) is 56.7 Å². The Morgan fingerprint density at radius 3 is 2.38 bits per heavy atom. The molecule has 3 aromatic rings. The van der Waals surface area contributed by atoms with Crippen LogP contribution >= 0.6 is 0 Å². The van der Waals surface area contributed by atoms with E-state index in [9.17, 15) is 9.59 Å². The van der Waals surface area contributed by atoms with Crippen molar-refractivity contribution < 1.29 is 23.5 Å². The summed E-state index contributed by atoms with van der Waals surface area (Å²) in [5.41, 5.74) is 2.72. The van der Waals surface area contributed by atoms with Gasteiger partial charge in [-0.1, -0.05) is 29.8 Å². The van der Waals surface area contributed by atoms with Gasteiger partial charge in [0.15, 0.2) is 6.10 Å². The Bertz CT molecular complexity index is 1090. The van der Waals surface area contributed by atoms with Crippen molar-refractivity contribution in [2.45, 2.75) is 32.9 Å². The Morgan fingerprint density at radius 1 is 1.03 bits per heavy atom. The molecule has 0 aliphatic heterocycles. The van der Waals surface area contributed by atoms with Gasteiger partial charge in [0, 0.05) is 11.6 Å². The number of esters is 1. The minimum atomic E-state index is -0.857. The number of aryl methyl sites for hydroxylation is 1. The topological polar surface area (TPSA) is 104 Å². The number of nitrogens with one attached hydrogen (secondary N) is 1. The molecule has 0 bridgehead atoms. The highest BCUT2D eigenvalue weighted by Crippen LogP contribution is 2.23. The largest absolute Gasteiger partial charge is 0.497 e. The van der Waals surface area contributed by atoms with E-state index < -0.39 is 24.0 Å². The van der Waals surface area contributed by atoms with Crippen molar-refractivity contribution in [3.63, 3.8) is 0 Å². The normalized spacial score (nSPS) is 12.9. The summed E-state index contributed by atoms with van der Waals surface area (Å²) in [6.07, 6.45) is 2.23. The standard InChI is InChI=1S/C24H25N3O5/c1-15-5-10-19(11-6-15)23-27-26-22(32-23)17(3)31-24(29)16(2)25-21(28)14-9-18-7-12-20(30-4)13-8-18/h5-14,16-17H,1-4H3,(H,25,28)/b14-9+/t16-,17?/m0/s1. The van der Waals surface area contributed by atoms with Gasteiger partial charge in [0.05, 0.1) is 7.11 Å². The number of carbonyl (C=O) groups is 2. The van der Waals surface area contributed by atoms with E-state index in [1.165, 1.54) is 6.08 Å². The zero-order chi connectivity index (χ0) is 23.1. The highest BCUT2D eigenvalue weighted by molar-refractivity contribution is 5.94. The minimum absolute atomic E-state index is 0.173. The molecular formula is C24H25N3O5. The molecule has 0 aliphatic carbocycles. The molecule has 2 aromatic carbocycles. The second-order valence-electron chi connectivity index (χ2n) is 7.23. The van der Waals surface area contributed by atoms with Crippen LogP contribution in [0.15, 0.2) is 59.0 Å². The van der Waals surface area contributed by atoms with Crippen molar-refractivity contribution in [2.75, 3.05) is 7.11 Å². The summed E-state index contributed by atoms with van der Waals surface area (Å²) in [5.74, 6) is 0.209. The Hall–Kier alpha value is -3.94. The monoisotopic (exact) mass is 435 g/mol. The van der Waals surface area contributed by atoms with Crippen LogP contribution in [0.3, 0.4) is 0 Å². The third kappa shape index (κ3) is 6.04. The van der Waals surface area contributed by atoms with Gasteiger partial charge in [0.1, 0.15) is 11.8 Å². The maximum atomic E-state index is 12.4. The number of nitrogens with zero attached hydrogens (tertiary/aromatic N) is 2. The van der Waals surface area contributed by atoms with Crippen molar-refractivity contribution in [1.29, 1.82) is 0 Å². The Morgan fingerprint density at radius 2 is 1.72 bits per heavy atom. The van der Waals surface area contributed by atoms with Crippen LogP contribution in [0.4, 0.5) is 0 Å². The number of amides is 1. The summed E-state index contributed by atoms with van der Waals surface area (Å²) in [4.78, 5) is 24.5. The number of rotatable bonds is 8.